The Balaban J connectivity index is 4.53. The van der Waals surface area contributed by atoms with Gasteiger partial charge >= 0.3 is 5.97 Å². The maximum absolute atomic E-state index is 11.7. The van der Waals surface area contributed by atoms with E-state index in [2.05, 4.69) is 11.9 Å². The van der Waals surface area contributed by atoms with Gasteiger partial charge in [-0.3, -0.25) is 4.79 Å². The smallest absolute Gasteiger partial charge is 0.328 e. The van der Waals surface area contributed by atoms with Crippen LogP contribution in [0.15, 0.2) is 24.3 Å². The summed E-state index contributed by atoms with van der Waals surface area (Å²) in [5, 5.41) is 11.3. The second-order valence-electron chi connectivity index (χ2n) is 4.71. The summed E-state index contributed by atoms with van der Waals surface area (Å²) in [7, 11) is 5.93. The average Bonchev–Trinajstić information content (AvgIpc) is 2.20. The van der Waals surface area contributed by atoms with E-state index in [-0.39, 0.29) is 17.6 Å². The Hall–Kier alpha value is -1.62. The summed E-state index contributed by atoms with van der Waals surface area (Å²) in [6.07, 6.45) is 2.84. The number of nitrogens with one attached hydrogen (secondary N) is 1. The first kappa shape index (κ1) is 15.4. The van der Waals surface area contributed by atoms with E-state index in [9.17, 15) is 9.59 Å². The Kier molecular flexibility index (Phi) is 5.61. The minimum absolute atomic E-state index is 0.0301. The van der Waals surface area contributed by atoms with Crippen LogP contribution in [0, 0.1) is 0 Å². The highest BCUT2D eigenvalue weighted by Gasteiger charge is 2.23. The highest BCUT2D eigenvalue weighted by atomic mass is 16.4. The summed E-state index contributed by atoms with van der Waals surface area (Å²) in [6.45, 7) is 5.50. The van der Waals surface area contributed by atoms with Crippen LogP contribution in [0.3, 0.4) is 0 Å². The second kappa shape index (κ2) is 6.20. The Morgan fingerprint density at radius 3 is 2.24 bits per heavy atom. The molecule has 96 valence electrons. The molecule has 1 atom stereocenters. The third-order valence-corrected chi connectivity index (χ3v) is 2.34. The van der Waals surface area contributed by atoms with Gasteiger partial charge < -0.3 is 14.9 Å². The maximum Gasteiger partial charge on any atom is 0.328 e. The average molecular weight is 241 g/mol. The molecule has 0 aliphatic heterocycles. The first-order valence-corrected chi connectivity index (χ1v) is 5.40. The standard InChI is InChI=1S/C12H20N2O3/c1-6-10(14(3,4)5)13-12(17)9(2)7-8-11(15)16/h7-8,10H,2,6H2,1,3-5H3,(H-,13,15,16,17)/p+1. The number of quaternary nitrogens is 1. The third kappa shape index (κ3) is 5.87. The molecule has 5 nitrogen and oxygen atoms in total. The fourth-order valence-electron chi connectivity index (χ4n) is 1.34. The number of carboxylic acid groups (broad SMARTS) is 1. The third-order valence-electron chi connectivity index (χ3n) is 2.34. The molecule has 0 fully saturated rings. The van der Waals surface area contributed by atoms with E-state index in [0.717, 1.165) is 12.5 Å². The summed E-state index contributed by atoms with van der Waals surface area (Å²) in [5.41, 5.74) is 0.138. The van der Waals surface area contributed by atoms with Crippen LogP contribution in [0.4, 0.5) is 0 Å². The topological polar surface area (TPSA) is 66.4 Å². The number of hydrogen-bond acceptors (Lipinski definition) is 2. The van der Waals surface area contributed by atoms with Crippen LogP contribution in [-0.2, 0) is 9.59 Å². The van der Waals surface area contributed by atoms with Gasteiger partial charge in [0, 0.05) is 18.1 Å². The minimum atomic E-state index is -1.10. The van der Waals surface area contributed by atoms with Crippen LogP contribution in [0.2, 0.25) is 0 Å². The lowest BCUT2D eigenvalue weighted by atomic mass is 10.2. The summed E-state index contributed by atoms with van der Waals surface area (Å²) in [6, 6.07) is 0. The Labute approximate surface area is 102 Å². The van der Waals surface area contributed by atoms with Gasteiger partial charge in [-0.25, -0.2) is 4.79 Å². The first-order chi connectivity index (χ1) is 7.68. The molecule has 0 aliphatic rings. The van der Waals surface area contributed by atoms with Gasteiger partial charge in [-0.2, -0.15) is 0 Å². The van der Waals surface area contributed by atoms with Gasteiger partial charge in [-0.15, -0.1) is 0 Å². The molecule has 0 aromatic carbocycles. The first-order valence-electron chi connectivity index (χ1n) is 5.40. The van der Waals surface area contributed by atoms with Crippen molar-refractivity contribution >= 4 is 11.9 Å². The van der Waals surface area contributed by atoms with Crippen molar-refractivity contribution < 1.29 is 19.2 Å². The molecule has 2 N–H and O–H groups in total. The molecule has 0 bridgehead atoms. The van der Waals surface area contributed by atoms with E-state index in [1.54, 1.807) is 0 Å². The summed E-state index contributed by atoms with van der Waals surface area (Å²) < 4.78 is 0.595. The van der Waals surface area contributed by atoms with Crippen molar-refractivity contribution in [3.05, 3.63) is 24.3 Å². The van der Waals surface area contributed by atoms with Gasteiger partial charge in [-0.05, 0) is 6.08 Å². The predicted molar refractivity (Wildman–Crippen MR) is 66.2 cm³/mol. The molecule has 0 rings (SSSR count). The van der Waals surface area contributed by atoms with Gasteiger partial charge in [0.05, 0.1) is 21.1 Å². The number of rotatable bonds is 6. The van der Waals surface area contributed by atoms with Crippen LogP contribution in [0.25, 0.3) is 0 Å². The van der Waals surface area contributed by atoms with Crippen LogP contribution in [0.1, 0.15) is 13.3 Å². The lowest BCUT2D eigenvalue weighted by molar-refractivity contribution is -0.898. The fourth-order valence-corrected chi connectivity index (χ4v) is 1.34. The number of nitrogens with zero attached hydrogens (tertiary/aromatic N) is 1. The van der Waals surface area contributed by atoms with Gasteiger partial charge in [0.25, 0.3) is 5.91 Å². The van der Waals surface area contributed by atoms with Crippen molar-refractivity contribution in [2.24, 2.45) is 0 Å². The van der Waals surface area contributed by atoms with E-state index >= 15 is 0 Å². The molecule has 0 aromatic rings. The number of aliphatic carboxylic acids is 1. The number of carbonyl (C=O) groups is 2. The monoisotopic (exact) mass is 241 g/mol. The van der Waals surface area contributed by atoms with E-state index in [4.69, 9.17) is 5.11 Å². The molecule has 0 spiro atoms. The SMILES string of the molecule is C=C(C=CC(=O)O)C(=O)NC(CC)[N+](C)(C)C. The molecule has 17 heavy (non-hydrogen) atoms. The van der Waals surface area contributed by atoms with Crippen LogP contribution < -0.4 is 5.32 Å². The molecule has 0 heterocycles. The number of carboxylic acids is 1. The van der Waals surface area contributed by atoms with Gasteiger partial charge in [-0.1, -0.05) is 13.5 Å². The molecule has 1 amide bonds. The molecule has 0 saturated carbocycles. The van der Waals surface area contributed by atoms with Crippen molar-refractivity contribution in [3.63, 3.8) is 0 Å². The zero-order chi connectivity index (χ0) is 13.6. The minimum Gasteiger partial charge on any atom is -0.478 e. The van der Waals surface area contributed by atoms with E-state index in [1.165, 1.54) is 6.08 Å². The van der Waals surface area contributed by atoms with Crippen LogP contribution >= 0.6 is 0 Å². The van der Waals surface area contributed by atoms with Gasteiger partial charge in [0.2, 0.25) is 0 Å². The van der Waals surface area contributed by atoms with Gasteiger partial charge in [0.1, 0.15) is 0 Å². The maximum atomic E-state index is 11.7. The van der Waals surface area contributed by atoms with Crippen LogP contribution in [0.5, 0.6) is 0 Å². The Morgan fingerprint density at radius 1 is 1.35 bits per heavy atom. The molecule has 0 aromatic heterocycles. The molecular formula is C12H21N2O3+. The molecule has 1 unspecified atom stereocenters. The summed E-state index contributed by atoms with van der Waals surface area (Å²) in [4.78, 5) is 22.0. The van der Waals surface area contributed by atoms with E-state index in [0.29, 0.717) is 4.48 Å². The zero-order valence-electron chi connectivity index (χ0n) is 10.9. The van der Waals surface area contributed by atoms with E-state index < -0.39 is 5.97 Å². The summed E-state index contributed by atoms with van der Waals surface area (Å²) >= 11 is 0. The Morgan fingerprint density at radius 2 is 1.88 bits per heavy atom. The summed E-state index contributed by atoms with van der Waals surface area (Å²) in [5.74, 6) is -1.44. The van der Waals surface area contributed by atoms with Crippen molar-refractivity contribution in [3.8, 4) is 0 Å². The lowest BCUT2D eigenvalue weighted by Crippen LogP contribution is -2.54. The van der Waals surface area contributed by atoms with Crippen molar-refractivity contribution in [1.82, 2.24) is 5.32 Å². The molecule has 5 heteroatoms. The second-order valence-corrected chi connectivity index (χ2v) is 4.71. The quantitative estimate of drug-likeness (QED) is 0.312. The molecule has 0 radical (unpaired) electrons. The molecule has 0 aliphatic carbocycles. The van der Waals surface area contributed by atoms with Crippen molar-refractivity contribution in [1.29, 1.82) is 0 Å². The molecule has 0 saturated heterocycles. The Bertz CT molecular complexity index is 340. The largest absolute Gasteiger partial charge is 0.478 e. The van der Waals surface area contributed by atoms with Crippen LogP contribution in [-0.4, -0.2) is 48.8 Å². The van der Waals surface area contributed by atoms with Crippen molar-refractivity contribution in [2.75, 3.05) is 21.1 Å². The van der Waals surface area contributed by atoms with E-state index in [1.807, 2.05) is 28.1 Å². The number of carbonyl (C=O) groups excluding carboxylic acids is 1. The zero-order valence-corrected chi connectivity index (χ0v) is 10.9. The molecular weight excluding hydrogens is 220 g/mol. The van der Waals surface area contributed by atoms with Gasteiger partial charge in [0.15, 0.2) is 6.17 Å². The predicted octanol–water partition coefficient (Wildman–Crippen LogP) is 0.742. The fraction of sp³-hybridized carbons (Fsp3) is 0.500. The highest BCUT2D eigenvalue weighted by Crippen LogP contribution is 2.05. The lowest BCUT2D eigenvalue weighted by Gasteiger charge is -2.33. The number of amides is 1. The normalized spacial score (nSPS) is 13.4. The number of hydrogen-bond donors (Lipinski definition) is 2. The van der Waals surface area contributed by atoms with Crippen molar-refractivity contribution in [2.45, 2.75) is 19.5 Å². The highest BCUT2D eigenvalue weighted by molar-refractivity contribution is 5.97.